The van der Waals surface area contributed by atoms with Crippen LogP contribution < -0.4 is 0 Å². The summed E-state index contributed by atoms with van der Waals surface area (Å²) in [7, 11) is 0. The van der Waals surface area contributed by atoms with Crippen LogP contribution in [-0.2, 0) is 9.53 Å². The summed E-state index contributed by atoms with van der Waals surface area (Å²) in [5.74, 6) is -1.58. The monoisotopic (exact) mass is 415 g/mol. The molecule has 0 radical (unpaired) electrons. The van der Waals surface area contributed by atoms with Crippen molar-refractivity contribution in [2.45, 2.75) is 39.7 Å². The number of fused-ring (bicyclic) bond motifs is 2. The minimum absolute atomic E-state index is 0.00325. The molecule has 30 heavy (non-hydrogen) atoms. The summed E-state index contributed by atoms with van der Waals surface area (Å²) in [4.78, 5) is 13.7. The molecule has 1 aromatic rings. The van der Waals surface area contributed by atoms with E-state index in [4.69, 9.17) is 15.6 Å². The van der Waals surface area contributed by atoms with E-state index in [1.54, 1.807) is 4.90 Å². The molecule has 2 saturated carbocycles. The van der Waals surface area contributed by atoms with Gasteiger partial charge >= 0.3 is 0 Å². The van der Waals surface area contributed by atoms with Gasteiger partial charge in [-0.1, -0.05) is 19.9 Å². The first kappa shape index (κ1) is 20.8. The first-order valence-corrected chi connectivity index (χ1v) is 10.3. The second-order valence-electron chi connectivity index (χ2n) is 9.09. The highest BCUT2D eigenvalue weighted by atomic mass is 19.1. The Bertz CT molecular complexity index is 951. The molecule has 3 atom stereocenters. The van der Waals surface area contributed by atoms with Gasteiger partial charge in [-0.2, -0.15) is 0 Å². The number of halogens is 2. The largest absolute Gasteiger partial charge is 0.374 e. The number of amides is 1. The van der Waals surface area contributed by atoms with Crippen molar-refractivity contribution in [1.29, 1.82) is 10.8 Å². The number of hydrogen-bond donors (Lipinski definition) is 2. The van der Waals surface area contributed by atoms with Crippen LogP contribution in [0.4, 0.5) is 8.78 Å². The first-order chi connectivity index (χ1) is 14.1. The van der Waals surface area contributed by atoms with Gasteiger partial charge in [0.2, 0.25) is 5.91 Å². The lowest BCUT2D eigenvalue weighted by Crippen LogP contribution is -2.56. The molecule has 2 N–H and O–H groups in total. The smallest absolute Gasteiger partial charge is 0.219 e. The molecule has 1 aliphatic heterocycles. The quantitative estimate of drug-likeness (QED) is 0.733. The second kappa shape index (κ2) is 7.08. The normalized spacial score (nSPS) is 31.4. The third-order valence-electron chi connectivity index (χ3n) is 7.55. The minimum Gasteiger partial charge on any atom is -0.374 e. The van der Waals surface area contributed by atoms with Crippen LogP contribution in [-0.4, -0.2) is 48.0 Å². The molecular formula is C23H27F2N3O2. The van der Waals surface area contributed by atoms with E-state index in [2.05, 4.69) is 13.8 Å². The lowest BCUT2D eigenvalue weighted by molar-refractivity contribution is -0.144. The molecule has 1 aromatic carbocycles. The predicted octanol–water partition coefficient (Wildman–Crippen LogP) is 3.96. The second-order valence-corrected chi connectivity index (χ2v) is 9.09. The fourth-order valence-corrected chi connectivity index (χ4v) is 5.92. The Hall–Kier alpha value is -2.41. The van der Waals surface area contributed by atoms with Crippen LogP contribution in [0.5, 0.6) is 0 Å². The number of hydrogen-bond acceptors (Lipinski definition) is 4. The van der Waals surface area contributed by atoms with Crippen molar-refractivity contribution in [2.24, 2.45) is 16.7 Å². The number of carbonyl (C=O) groups excluding carboxylic acids is 1. The molecule has 2 bridgehead atoms. The average Bonchev–Trinajstić information content (AvgIpc) is 3.04. The number of nitrogens with one attached hydrogen (secondary N) is 2. The lowest BCUT2D eigenvalue weighted by Gasteiger charge is -2.47. The van der Waals surface area contributed by atoms with Crippen LogP contribution in [0.2, 0.25) is 0 Å². The summed E-state index contributed by atoms with van der Waals surface area (Å²) >= 11 is 0. The third kappa shape index (κ3) is 2.78. The number of ether oxygens (including phenoxy) is 1. The van der Waals surface area contributed by atoms with Gasteiger partial charge < -0.3 is 20.5 Å². The minimum atomic E-state index is -0.784. The van der Waals surface area contributed by atoms with Gasteiger partial charge in [-0.05, 0) is 48.0 Å². The van der Waals surface area contributed by atoms with Gasteiger partial charge in [0, 0.05) is 31.1 Å². The molecule has 3 aliphatic rings. The van der Waals surface area contributed by atoms with Crippen molar-refractivity contribution < 1.29 is 18.3 Å². The zero-order chi connectivity index (χ0) is 21.8. The molecular weight excluding hydrogens is 388 g/mol. The van der Waals surface area contributed by atoms with Crippen LogP contribution >= 0.6 is 0 Å². The highest BCUT2D eigenvalue weighted by molar-refractivity contribution is 6.15. The van der Waals surface area contributed by atoms with Gasteiger partial charge in [0.1, 0.15) is 11.6 Å². The number of benzene rings is 1. The SMILES string of the molecule is CC(=O)N1CCO[C@H]([C@@]23CC[C@@H](/C(=C/C(=N)c4c(F)cccc4F)C2=N)C3(C)C)C1. The van der Waals surface area contributed by atoms with Crippen molar-refractivity contribution in [3.05, 3.63) is 47.0 Å². The van der Waals surface area contributed by atoms with Gasteiger partial charge in [-0.3, -0.25) is 4.79 Å². The van der Waals surface area contributed by atoms with E-state index in [1.165, 1.54) is 19.1 Å². The van der Waals surface area contributed by atoms with Crippen molar-refractivity contribution >= 4 is 17.3 Å². The zero-order valence-corrected chi connectivity index (χ0v) is 17.5. The number of rotatable bonds is 3. The van der Waals surface area contributed by atoms with E-state index < -0.39 is 17.0 Å². The van der Waals surface area contributed by atoms with Gasteiger partial charge in [0.05, 0.1) is 24.0 Å². The lowest BCUT2D eigenvalue weighted by atomic mass is 9.64. The maximum atomic E-state index is 14.2. The summed E-state index contributed by atoms with van der Waals surface area (Å²) in [5, 5.41) is 17.4. The highest BCUT2D eigenvalue weighted by Crippen LogP contribution is 2.68. The molecule has 4 rings (SSSR count). The van der Waals surface area contributed by atoms with E-state index in [9.17, 15) is 13.6 Å². The number of carbonyl (C=O) groups is 1. The molecule has 3 fully saturated rings. The molecule has 1 saturated heterocycles. The summed E-state index contributed by atoms with van der Waals surface area (Å²) < 4.78 is 34.5. The van der Waals surface area contributed by atoms with E-state index in [0.717, 1.165) is 25.0 Å². The van der Waals surface area contributed by atoms with Gasteiger partial charge in [0.15, 0.2) is 0 Å². The molecule has 1 amide bonds. The summed E-state index contributed by atoms with van der Waals surface area (Å²) in [6, 6.07) is 3.54. The van der Waals surface area contributed by atoms with E-state index >= 15 is 0 Å². The van der Waals surface area contributed by atoms with Gasteiger partial charge in [0.25, 0.3) is 0 Å². The standard InChI is InChI=1S/C23H27F2N3O2/c1-13(29)28-9-10-30-19(12-28)23-8-7-15(22(23,2)3)14(21(23)27)11-18(26)20-16(24)5-4-6-17(20)25/h4-6,11,15,19,26-27H,7-10,12H2,1-3H3/b14-11-,26-18?,27-21?/t15-,19-,23-/m0/s1. The van der Waals surface area contributed by atoms with Gasteiger partial charge in [-0.15, -0.1) is 0 Å². The molecule has 2 aliphatic carbocycles. The van der Waals surface area contributed by atoms with Crippen LogP contribution in [0.25, 0.3) is 0 Å². The highest BCUT2D eigenvalue weighted by Gasteiger charge is 2.68. The zero-order valence-electron chi connectivity index (χ0n) is 17.5. The van der Waals surface area contributed by atoms with Crippen LogP contribution in [0.3, 0.4) is 0 Å². The van der Waals surface area contributed by atoms with Crippen molar-refractivity contribution in [2.75, 3.05) is 19.7 Å². The Morgan fingerprint density at radius 1 is 1.30 bits per heavy atom. The van der Waals surface area contributed by atoms with Crippen molar-refractivity contribution in [3.63, 3.8) is 0 Å². The van der Waals surface area contributed by atoms with Crippen molar-refractivity contribution in [1.82, 2.24) is 4.90 Å². The molecule has 5 nitrogen and oxygen atoms in total. The number of nitrogens with zero attached hydrogens (tertiary/aromatic N) is 1. The Labute approximate surface area is 175 Å². The van der Waals surface area contributed by atoms with E-state index in [1.807, 2.05) is 0 Å². The molecule has 160 valence electrons. The van der Waals surface area contributed by atoms with Gasteiger partial charge in [-0.25, -0.2) is 8.78 Å². The summed E-state index contributed by atoms with van der Waals surface area (Å²) in [6.07, 6.45) is 2.73. The van der Waals surface area contributed by atoms with Crippen LogP contribution in [0, 0.1) is 39.2 Å². The molecule has 7 heteroatoms. The Morgan fingerprint density at radius 2 is 1.97 bits per heavy atom. The molecule has 0 aromatic heterocycles. The average molecular weight is 415 g/mol. The third-order valence-corrected chi connectivity index (χ3v) is 7.55. The Morgan fingerprint density at radius 3 is 2.60 bits per heavy atom. The molecule has 0 spiro atoms. The molecule has 0 unspecified atom stereocenters. The Balaban J connectivity index is 1.72. The predicted molar refractivity (Wildman–Crippen MR) is 110 cm³/mol. The van der Waals surface area contributed by atoms with Crippen LogP contribution in [0.15, 0.2) is 29.8 Å². The maximum absolute atomic E-state index is 14.2. The topological polar surface area (TPSA) is 77.2 Å². The summed E-state index contributed by atoms with van der Waals surface area (Å²) in [6.45, 7) is 7.14. The summed E-state index contributed by atoms with van der Waals surface area (Å²) in [5.41, 5.74) is -0.522. The maximum Gasteiger partial charge on any atom is 0.219 e. The number of allylic oxidation sites excluding steroid dienone is 2. The number of morpholine rings is 1. The Kier molecular flexibility index (Phi) is 4.92. The van der Waals surface area contributed by atoms with E-state index in [0.29, 0.717) is 31.0 Å². The fraction of sp³-hybridized carbons (Fsp3) is 0.522. The molecule has 1 heterocycles. The van der Waals surface area contributed by atoms with E-state index in [-0.39, 0.29) is 34.6 Å². The first-order valence-electron chi connectivity index (χ1n) is 10.3. The fourth-order valence-electron chi connectivity index (χ4n) is 5.92. The van der Waals surface area contributed by atoms with Crippen molar-refractivity contribution in [3.8, 4) is 0 Å². The van der Waals surface area contributed by atoms with Crippen LogP contribution in [0.1, 0.15) is 39.2 Å².